The predicted octanol–water partition coefficient (Wildman–Crippen LogP) is 3.29. The van der Waals surface area contributed by atoms with Crippen LogP contribution >= 0.6 is 0 Å². The minimum Gasteiger partial charge on any atom is -0.308 e. The standard InChI is InChI=1S/C18H19N3O/c1-18(13-5-3-2-4-6-13)10-9-14-15(11-18)20-21-16(14)19-17(22)12-7-8-12/h2-6,9-10,12H,7-8,11H2,1H3,(H2,19,20,21,22). The van der Waals surface area contributed by atoms with Gasteiger partial charge < -0.3 is 5.32 Å². The van der Waals surface area contributed by atoms with E-state index in [9.17, 15) is 4.79 Å². The number of nitrogens with one attached hydrogen (secondary N) is 2. The maximum Gasteiger partial charge on any atom is 0.228 e. The molecule has 1 heterocycles. The van der Waals surface area contributed by atoms with E-state index in [0.29, 0.717) is 5.82 Å². The Kier molecular flexibility index (Phi) is 2.93. The lowest BCUT2D eigenvalue weighted by atomic mass is 9.75. The van der Waals surface area contributed by atoms with Gasteiger partial charge >= 0.3 is 0 Å². The second-order valence-electron chi connectivity index (χ2n) is 6.52. The van der Waals surface area contributed by atoms with Gasteiger partial charge in [0.2, 0.25) is 5.91 Å². The van der Waals surface area contributed by atoms with Crippen LogP contribution in [0.2, 0.25) is 0 Å². The van der Waals surface area contributed by atoms with E-state index in [4.69, 9.17) is 0 Å². The molecule has 0 radical (unpaired) electrons. The highest BCUT2D eigenvalue weighted by Crippen LogP contribution is 2.37. The average Bonchev–Trinajstić information content (AvgIpc) is 3.32. The summed E-state index contributed by atoms with van der Waals surface area (Å²) in [6.45, 7) is 2.23. The minimum absolute atomic E-state index is 0.0431. The van der Waals surface area contributed by atoms with Crippen LogP contribution in [-0.2, 0) is 16.6 Å². The molecule has 2 N–H and O–H groups in total. The normalized spacial score (nSPS) is 23.1. The molecule has 1 atom stereocenters. The fraction of sp³-hybridized carbons (Fsp3) is 0.333. The molecule has 0 spiro atoms. The Labute approximate surface area is 129 Å². The summed E-state index contributed by atoms with van der Waals surface area (Å²) in [5.74, 6) is 0.951. The number of allylic oxidation sites excluding steroid dienone is 1. The first kappa shape index (κ1) is 13.3. The van der Waals surface area contributed by atoms with Gasteiger partial charge in [0.05, 0.1) is 0 Å². The van der Waals surface area contributed by atoms with Crippen molar-refractivity contribution in [1.29, 1.82) is 0 Å². The highest BCUT2D eigenvalue weighted by Gasteiger charge is 2.33. The van der Waals surface area contributed by atoms with E-state index in [1.165, 1.54) is 5.56 Å². The smallest absolute Gasteiger partial charge is 0.228 e. The third-order valence-electron chi connectivity index (χ3n) is 4.67. The maximum atomic E-state index is 11.9. The lowest BCUT2D eigenvalue weighted by Crippen LogP contribution is -2.25. The molecule has 22 heavy (non-hydrogen) atoms. The van der Waals surface area contributed by atoms with Crippen molar-refractivity contribution in [3.63, 3.8) is 0 Å². The van der Waals surface area contributed by atoms with Crippen LogP contribution in [0.15, 0.2) is 36.4 Å². The van der Waals surface area contributed by atoms with Crippen LogP contribution < -0.4 is 5.32 Å². The van der Waals surface area contributed by atoms with Crippen LogP contribution in [0.3, 0.4) is 0 Å². The molecule has 1 fully saturated rings. The number of benzene rings is 1. The van der Waals surface area contributed by atoms with Gasteiger partial charge in [0.1, 0.15) is 0 Å². The Balaban J connectivity index is 1.61. The summed E-state index contributed by atoms with van der Waals surface area (Å²) >= 11 is 0. The molecular weight excluding hydrogens is 274 g/mol. The second kappa shape index (κ2) is 4.83. The van der Waals surface area contributed by atoms with Crippen LogP contribution in [0.1, 0.15) is 36.6 Å². The molecule has 0 aliphatic heterocycles. The Hall–Kier alpha value is -2.36. The largest absolute Gasteiger partial charge is 0.308 e. The predicted molar refractivity (Wildman–Crippen MR) is 86.5 cm³/mol. The van der Waals surface area contributed by atoms with Gasteiger partial charge in [-0.1, -0.05) is 49.4 Å². The molecule has 1 unspecified atom stereocenters. The van der Waals surface area contributed by atoms with Gasteiger partial charge in [-0.3, -0.25) is 9.89 Å². The van der Waals surface area contributed by atoms with Crippen molar-refractivity contribution in [3.8, 4) is 0 Å². The van der Waals surface area contributed by atoms with Gasteiger partial charge in [0.15, 0.2) is 5.82 Å². The van der Waals surface area contributed by atoms with Gasteiger partial charge in [-0.2, -0.15) is 5.10 Å². The molecule has 0 bridgehead atoms. The van der Waals surface area contributed by atoms with Crippen LogP contribution in [0, 0.1) is 5.92 Å². The van der Waals surface area contributed by atoms with Crippen LogP contribution in [0.5, 0.6) is 0 Å². The molecule has 4 nitrogen and oxygen atoms in total. The number of fused-ring (bicyclic) bond motifs is 1. The quantitative estimate of drug-likeness (QED) is 0.912. The first-order valence-electron chi connectivity index (χ1n) is 7.78. The molecule has 1 amide bonds. The lowest BCUT2D eigenvalue weighted by Gasteiger charge is -2.29. The number of rotatable bonds is 3. The average molecular weight is 293 g/mol. The van der Waals surface area contributed by atoms with E-state index in [-0.39, 0.29) is 17.2 Å². The molecule has 2 aliphatic rings. The van der Waals surface area contributed by atoms with Crippen molar-refractivity contribution in [2.24, 2.45) is 5.92 Å². The third-order valence-corrected chi connectivity index (χ3v) is 4.67. The summed E-state index contributed by atoms with van der Waals surface area (Å²) in [7, 11) is 0. The molecule has 112 valence electrons. The highest BCUT2D eigenvalue weighted by atomic mass is 16.2. The SMILES string of the molecule is CC1(c2ccccc2)C=Cc2c(NC(=O)C3CC3)n[nH]c2C1. The second-order valence-corrected chi connectivity index (χ2v) is 6.52. The summed E-state index contributed by atoms with van der Waals surface area (Å²) in [5, 5.41) is 10.3. The summed E-state index contributed by atoms with van der Waals surface area (Å²) in [4.78, 5) is 11.9. The van der Waals surface area contributed by atoms with Crippen LogP contribution in [0.4, 0.5) is 5.82 Å². The Morgan fingerprint density at radius 2 is 2.09 bits per heavy atom. The number of aromatic nitrogens is 2. The first-order chi connectivity index (χ1) is 10.7. The number of nitrogens with zero attached hydrogens (tertiary/aromatic N) is 1. The minimum atomic E-state index is -0.0431. The van der Waals surface area contributed by atoms with Gasteiger partial charge in [-0.15, -0.1) is 0 Å². The number of hydrogen-bond donors (Lipinski definition) is 2. The van der Waals surface area contributed by atoms with E-state index >= 15 is 0 Å². The van der Waals surface area contributed by atoms with Gasteiger partial charge in [-0.25, -0.2) is 0 Å². The molecule has 4 heteroatoms. The number of amides is 1. The van der Waals surface area contributed by atoms with Crippen molar-refractivity contribution in [3.05, 3.63) is 53.2 Å². The van der Waals surface area contributed by atoms with Crippen LogP contribution in [0.25, 0.3) is 6.08 Å². The van der Waals surface area contributed by atoms with Gasteiger partial charge in [0, 0.05) is 29.0 Å². The number of H-pyrrole nitrogens is 1. The molecule has 2 aromatic rings. The fourth-order valence-corrected chi connectivity index (χ4v) is 3.07. The molecule has 1 aromatic carbocycles. The lowest BCUT2D eigenvalue weighted by molar-refractivity contribution is -0.117. The molecule has 2 aliphatic carbocycles. The van der Waals surface area contributed by atoms with E-state index < -0.39 is 0 Å². The summed E-state index contributed by atoms with van der Waals surface area (Å²) in [6.07, 6.45) is 7.15. The Morgan fingerprint density at radius 3 is 2.82 bits per heavy atom. The Morgan fingerprint density at radius 1 is 1.32 bits per heavy atom. The van der Waals surface area contributed by atoms with Gasteiger partial charge in [0.25, 0.3) is 0 Å². The topological polar surface area (TPSA) is 57.8 Å². The monoisotopic (exact) mass is 293 g/mol. The Bertz CT molecular complexity index is 743. The summed E-state index contributed by atoms with van der Waals surface area (Å²) in [6, 6.07) is 10.5. The van der Waals surface area contributed by atoms with Crippen LogP contribution in [-0.4, -0.2) is 16.1 Å². The third kappa shape index (κ3) is 2.25. The number of aromatic amines is 1. The molecule has 1 aromatic heterocycles. The van der Waals surface area contributed by atoms with E-state index in [1.54, 1.807) is 0 Å². The zero-order chi connectivity index (χ0) is 15.2. The summed E-state index contributed by atoms with van der Waals surface area (Å²) in [5.41, 5.74) is 3.34. The molecule has 4 rings (SSSR count). The number of anilines is 1. The molecule has 0 saturated heterocycles. The highest BCUT2D eigenvalue weighted by molar-refractivity contribution is 5.95. The molecule has 1 saturated carbocycles. The van der Waals surface area contributed by atoms with Crippen molar-refractivity contribution < 1.29 is 4.79 Å². The number of carbonyl (C=O) groups excluding carboxylic acids is 1. The van der Waals surface area contributed by atoms with Crippen molar-refractivity contribution in [1.82, 2.24) is 10.2 Å². The zero-order valence-corrected chi connectivity index (χ0v) is 12.6. The van der Waals surface area contributed by atoms with E-state index in [2.05, 4.69) is 58.9 Å². The van der Waals surface area contributed by atoms with E-state index in [0.717, 1.165) is 30.5 Å². The van der Waals surface area contributed by atoms with E-state index in [1.807, 2.05) is 6.07 Å². The van der Waals surface area contributed by atoms with Gasteiger partial charge in [-0.05, 0) is 18.4 Å². The first-order valence-corrected chi connectivity index (χ1v) is 7.78. The van der Waals surface area contributed by atoms with Crippen molar-refractivity contribution in [2.45, 2.75) is 31.6 Å². The zero-order valence-electron chi connectivity index (χ0n) is 12.6. The summed E-state index contributed by atoms with van der Waals surface area (Å²) < 4.78 is 0. The number of hydrogen-bond acceptors (Lipinski definition) is 2. The molecular formula is C18H19N3O. The fourth-order valence-electron chi connectivity index (χ4n) is 3.07. The maximum absolute atomic E-state index is 11.9. The number of carbonyl (C=O) groups is 1. The van der Waals surface area contributed by atoms with Crippen molar-refractivity contribution >= 4 is 17.8 Å². The van der Waals surface area contributed by atoms with Crippen molar-refractivity contribution in [2.75, 3.05) is 5.32 Å².